The highest BCUT2D eigenvalue weighted by Crippen LogP contribution is 2.11. The standard InChI is InChI=1S/C14H18N4O2/c1-2-12(9-15)17-5-7-18(8-6-17)14(20)11-3-4-13(19)16-10-11/h3-4,10,12H,2,5-8H2,1H3,(H,16,19). The van der Waals surface area contributed by atoms with Gasteiger partial charge in [-0.15, -0.1) is 0 Å². The summed E-state index contributed by atoms with van der Waals surface area (Å²) >= 11 is 0. The van der Waals surface area contributed by atoms with Gasteiger partial charge in [-0.2, -0.15) is 5.26 Å². The molecule has 1 unspecified atom stereocenters. The van der Waals surface area contributed by atoms with Crippen LogP contribution in [0.25, 0.3) is 0 Å². The Morgan fingerprint density at radius 1 is 1.40 bits per heavy atom. The molecule has 0 aromatic carbocycles. The number of hydrogen-bond donors (Lipinski definition) is 1. The lowest BCUT2D eigenvalue weighted by Gasteiger charge is -2.36. The monoisotopic (exact) mass is 274 g/mol. The Morgan fingerprint density at radius 3 is 2.60 bits per heavy atom. The molecule has 0 bridgehead atoms. The summed E-state index contributed by atoms with van der Waals surface area (Å²) in [5, 5.41) is 9.05. The van der Waals surface area contributed by atoms with Crippen molar-refractivity contribution in [1.82, 2.24) is 14.8 Å². The van der Waals surface area contributed by atoms with Crippen molar-refractivity contribution in [3.8, 4) is 6.07 Å². The Morgan fingerprint density at radius 2 is 2.10 bits per heavy atom. The number of rotatable bonds is 3. The number of amides is 1. The van der Waals surface area contributed by atoms with Gasteiger partial charge in [0.25, 0.3) is 5.91 Å². The van der Waals surface area contributed by atoms with Gasteiger partial charge in [0, 0.05) is 38.4 Å². The van der Waals surface area contributed by atoms with E-state index in [2.05, 4.69) is 16.0 Å². The van der Waals surface area contributed by atoms with E-state index < -0.39 is 0 Å². The van der Waals surface area contributed by atoms with Crippen LogP contribution in [0, 0.1) is 11.3 Å². The van der Waals surface area contributed by atoms with Crippen LogP contribution in [-0.2, 0) is 0 Å². The summed E-state index contributed by atoms with van der Waals surface area (Å²) in [6, 6.07) is 5.11. The molecule has 2 heterocycles. The molecule has 20 heavy (non-hydrogen) atoms. The second kappa shape index (κ2) is 6.35. The first kappa shape index (κ1) is 14.3. The van der Waals surface area contributed by atoms with Gasteiger partial charge < -0.3 is 9.88 Å². The van der Waals surface area contributed by atoms with E-state index in [1.165, 1.54) is 18.3 Å². The van der Waals surface area contributed by atoms with Crippen LogP contribution < -0.4 is 5.56 Å². The zero-order chi connectivity index (χ0) is 14.5. The van der Waals surface area contributed by atoms with Crippen LogP contribution in [0.3, 0.4) is 0 Å². The van der Waals surface area contributed by atoms with Gasteiger partial charge in [0.05, 0.1) is 17.7 Å². The Labute approximate surface area is 117 Å². The fourth-order valence-electron chi connectivity index (χ4n) is 2.39. The topological polar surface area (TPSA) is 80.2 Å². The Bertz CT molecular complexity index is 547. The van der Waals surface area contributed by atoms with Crippen molar-refractivity contribution in [2.45, 2.75) is 19.4 Å². The largest absolute Gasteiger partial charge is 0.336 e. The lowest BCUT2D eigenvalue weighted by atomic mass is 10.1. The second-order valence-corrected chi connectivity index (χ2v) is 4.82. The number of H-pyrrole nitrogens is 1. The molecule has 0 radical (unpaired) electrons. The van der Waals surface area contributed by atoms with E-state index >= 15 is 0 Å². The lowest BCUT2D eigenvalue weighted by Crippen LogP contribution is -2.51. The van der Waals surface area contributed by atoms with Gasteiger partial charge in [0.2, 0.25) is 5.56 Å². The second-order valence-electron chi connectivity index (χ2n) is 4.82. The minimum absolute atomic E-state index is 0.0691. The quantitative estimate of drug-likeness (QED) is 0.867. The highest BCUT2D eigenvalue weighted by atomic mass is 16.2. The van der Waals surface area contributed by atoms with Crippen LogP contribution in [0.1, 0.15) is 23.7 Å². The fraction of sp³-hybridized carbons (Fsp3) is 0.500. The van der Waals surface area contributed by atoms with E-state index in [0.29, 0.717) is 31.7 Å². The Balaban J connectivity index is 1.97. The van der Waals surface area contributed by atoms with Gasteiger partial charge in [0.1, 0.15) is 0 Å². The highest BCUT2D eigenvalue weighted by molar-refractivity contribution is 5.93. The number of aromatic amines is 1. The van der Waals surface area contributed by atoms with Gasteiger partial charge in [-0.1, -0.05) is 6.92 Å². The number of aromatic nitrogens is 1. The molecule has 1 saturated heterocycles. The van der Waals surface area contributed by atoms with Crippen molar-refractivity contribution in [1.29, 1.82) is 5.26 Å². The summed E-state index contributed by atoms with van der Waals surface area (Å²) < 4.78 is 0. The van der Waals surface area contributed by atoms with Gasteiger partial charge in [-0.25, -0.2) is 0 Å². The van der Waals surface area contributed by atoms with Gasteiger partial charge in [0.15, 0.2) is 0 Å². The third-order valence-corrected chi connectivity index (χ3v) is 3.61. The molecule has 0 saturated carbocycles. The molecule has 0 spiro atoms. The number of carbonyl (C=O) groups excluding carboxylic acids is 1. The lowest BCUT2D eigenvalue weighted by molar-refractivity contribution is 0.0604. The number of piperazine rings is 1. The maximum atomic E-state index is 12.2. The van der Waals surface area contributed by atoms with Crippen LogP contribution in [0.5, 0.6) is 0 Å². The van der Waals surface area contributed by atoms with Crippen molar-refractivity contribution in [2.75, 3.05) is 26.2 Å². The number of hydrogen-bond acceptors (Lipinski definition) is 4. The van der Waals surface area contributed by atoms with Gasteiger partial charge in [-0.05, 0) is 12.5 Å². The molecule has 1 aliphatic heterocycles. The predicted octanol–water partition coefficient (Wildman–Crippen LogP) is 0.435. The molecular formula is C14H18N4O2. The SMILES string of the molecule is CCC(C#N)N1CCN(C(=O)c2ccc(=O)[nH]c2)CC1. The maximum Gasteiger partial charge on any atom is 0.255 e. The Kier molecular flexibility index (Phi) is 4.53. The van der Waals surface area contributed by atoms with E-state index in [0.717, 1.165) is 6.42 Å². The summed E-state index contributed by atoms with van der Waals surface area (Å²) in [5.74, 6) is -0.0779. The van der Waals surface area contributed by atoms with E-state index in [1.807, 2.05) is 6.92 Å². The molecule has 1 aromatic rings. The predicted molar refractivity (Wildman–Crippen MR) is 74.2 cm³/mol. The van der Waals surface area contributed by atoms with Crippen LogP contribution in [-0.4, -0.2) is 52.9 Å². The minimum Gasteiger partial charge on any atom is -0.336 e. The first-order valence-electron chi connectivity index (χ1n) is 6.77. The average molecular weight is 274 g/mol. The molecule has 1 aliphatic rings. The number of nitrogens with one attached hydrogen (secondary N) is 1. The third kappa shape index (κ3) is 3.06. The molecular weight excluding hydrogens is 256 g/mol. The summed E-state index contributed by atoms with van der Waals surface area (Å²) in [4.78, 5) is 29.6. The number of nitriles is 1. The van der Waals surface area contributed by atoms with Crippen molar-refractivity contribution in [3.05, 3.63) is 34.2 Å². The summed E-state index contributed by atoms with van der Waals surface area (Å²) in [6.45, 7) is 4.63. The van der Waals surface area contributed by atoms with E-state index in [4.69, 9.17) is 5.26 Å². The fourth-order valence-corrected chi connectivity index (χ4v) is 2.39. The number of carbonyl (C=O) groups is 1. The smallest absolute Gasteiger partial charge is 0.255 e. The molecule has 6 nitrogen and oxygen atoms in total. The van der Waals surface area contributed by atoms with Crippen LogP contribution in [0.2, 0.25) is 0 Å². The van der Waals surface area contributed by atoms with Crippen LogP contribution in [0.4, 0.5) is 0 Å². The van der Waals surface area contributed by atoms with Crippen molar-refractivity contribution in [3.63, 3.8) is 0 Å². The van der Waals surface area contributed by atoms with Crippen molar-refractivity contribution in [2.24, 2.45) is 0 Å². The summed E-state index contributed by atoms with van der Waals surface area (Å²) in [6.07, 6.45) is 2.24. The molecule has 1 aromatic heterocycles. The van der Waals surface area contributed by atoms with Crippen molar-refractivity contribution < 1.29 is 4.79 Å². The van der Waals surface area contributed by atoms with E-state index in [1.54, 1.807) is 4.90 Å². The molecule has 1 N–H and O–H groups in total. The molecule has 106 valence electrons. The molecule has 1 fully saturated rings. The summed E-state index contributed by atoms with van der Waals surface area (Å²) in [7, 11) is 0. The van der Waals surface area contributed by atoms with Crippen LogP contribution >= 0.6 is 0 Å². The maximum absolute atomic E-state index is 12.2. The number of pyridine rings is 1. The number of nitrogens with zero attached hydrogens (tertiary/aromatic N) is 3. The van der Waals surface area contributed by atoms with Gasteiger partial charge >= 0.3 is 0 Å². The molecule has 2 rings (SSSR count). The van der Waals surface area contributed by atoms with Crippen molar-refractivity contribution >= 4 is 5.91 Å². The molecule has 1 amide bonds. The average Bonchev–Trinajstić information content (AvgIpc) is 2.49. The van der Waals surface area contributed by atoms with E-state index in [-0.39, 0.29) is 17.5 Å². The van der Waals surface area contributed by atoms with Gasteiger partial charge in [-0.3, -0.25) is 14.5 Å². The minimum atomic E-state index is -0.217. The van der Waals surface area contributed by atoms with E-state index in [9.17, 15) is 9.59 Å². The molecule has 1 atom stereocenters. The normalized spacial score (nSPS) is 17.5. The molecule has 6 heteroatoms. The zero-order valence-electron chi connectivity index (χ0n) is 11.5. The zero-order valence-corrected chi connectivity index (χ0v) is 11.5. The third-order valence-electron chi connectivity index (χ3n) is 3.61. The Hall–Kier alpha value is -2.13. The highest BCUT2D eigenvalue weighted by Gasteiger charge is 2.25. The molecule has 0 aliphatic carbocycles. The first-order chi connectivity index (χ1) is 9.65. The van der Waals surface area contributed by atoms with Crippen LogP contribution in [0.15, 0.2) is 23.1 Å². The first-order valence-corrected chi connectivity index (χ1v) is 6.77. The summed E-state index contributed by atoms with van der Waals surface area (Å²) in [5.41, 5.74) is 0.275.